The molecule has 0 radical (unpaired) electrons. The third kappa shape index (κ3) is 3.79. The smallest absolute Gasteiger partial charge is 0.175 e. The van der Waals surface area contributed by atoms with Gasteiger partial charge in [-0.05, 0) is 55.8 Å². The Morgan fingerprint density at radius 1 is 0.903 bits per heavy atom. The number of methoxy groups -OCH3 is 1. The average molecular weight is 430 g/mol. The van der Waals surface area contributed by atoms with Crippen molar-refractivity contribution in [3.05, 3.63) is 89.5 Å². The van der Waals surface area contributed by atoms with Crippen LogP contribution < -0.4 is 9.64 Å². The monoisotopic (exact) mass is 429 g/mol. The van der Waals surface area contributed by atoms with Crippen LogP contribution in [0.4, 0.5) is 11.4 Å². The van der Waals surface area contributed by atoms with Crippen molar-refractivity contribution in [2.24, 2.45) is 10.1 Å². The molecule has 0 N–H and O–H groups in total. The van der Waals surface area contributed by atoms with E-state index >= 15 is 0 Å². The van der Waals surface area contributed by atoms with E-state index in [4.69, 9.17) is 14.6 Å². The highest BCUT2D eigenvalue weighted by Gasteiger charge is 2.47. The largest absolute Gasteiger partial charge is 0.497 e. The Bertz CT molecular complexity index is 1140. The zero-order valence-corrected chi connectivity index (χ0v) is 18.5. The SMILES string of the molecule is COc1ccc(C2ON=C3C2SC(=Nc2ccc(C)cc2)N3c2ccc(C)cc2)cc1. The van der Waals surface area contributed by atoms with Crippen LogP contribution in [0.5, 0.6) is 5.75 Å². The van der Waals surface area contributed by atoms with E-state index in [1.54, 1.807) is 18.9 Å². The summed E-state index contributed by atoms with van der Waals surface area (Å²) in [7, 11) is 1.67. The number of aryl methyl sites for hydroxylation is 2. The van der Waals surface area contributed by atoms with E-state index in [1.165, 1.54) is 11.1 Å². The molecule has 0 saturated carbocycles. The maximum Gasteiger partial charge on any atom is 0.175 e. The molecule has 1 saturated heterocycles. The summed E-state index contributed by atoms with van der Waals surface area (Å²) in [4.78, 5) is 13.0. The summed E-state index contributed by atoms with van der Waals surface area (Å²) in [6.07, 6.45) is -0.176. The average Bonchev–Trinajstić information content (AvgIpc) is 3.35. The number of benzene rings is 3. The molecular formula is C25H23N3O2S. The maximum absolute atomic E-state index is 5.90. The maximum atomic E-state index is 5.90. The fourth-order valence-corrected chi connectivity index (χ4v) is 4.95. The van der Waals surface area contributed by atoms with E-state index in [0.717, 1.165) is 33.7 Å². The van der Waals surface area contributed by atoms with Gasteiger partial charge < -0.3 is 9.57 Å². The number of oxime groups is 1. The molecule has 6 heteroatoms. The minimum Gasteiger partial charge on any atom is -0.497 e. The molecule has 3 aromatic carbocycles. The molecule has 2 aliphatic heterocycles. The first-order valence-electron chi connectivity index (χ1n) is 10.2. The van der Waals surface area contributed by atoms with Gasteiger partial charge in [0.2, 0.25) is 0 Å². The summed E-state index contributed by atoms with van der Waals surface area (Å²) in [6, 6.07) is 24.6. The summed E-state index contributed by atoms with van der Waals surface area (Å²) in [5, 5.41) is 5.42. The number of aliphatic imine (C=N–C) groups is 1. The van der Waals surface area contributed by atoms with Crippen molar-refractivity contribution in [3.8, 4) is 5.75 Å². The van der Waals surface area contributed by atoms with Gasteiger partial charge in [-0.3, -0.25) is 4.90 Å². The molecule has 2 atom stereocenters. The van der Waals surface area contributed by atoms with Gasteiger partial charge in [0, 0.05) is 5.69 Å². The minimum atomic E-state index is -0.176. The highest BCUT2D eigenvalue weighted by molar-refractivity contribution is 8.16. The Morgan fingerprint density at radius 2 is 1.55 bits per heavy atom. The molecule has 31 heavy (non-hydrogen) atoms. The van der Waals surface area contributed by atoms with E-state index in [9.17, 15) is 0 Å². The van der Waals surface area contributed by atoms with Crippen LogP contribution in [-0.2, 0) is 4.84 Å². The van der Waals surface area contributed by atoms with Crippen molar-refractivity contribution in [3.63, 3.8) is 0 Å². The molecule has 2 aliphatic rings. The first-order valence-corrected chi connectivity index (χ1v) is 11.1. The van der Waals surface area contributed by atoms with E-state index < -0.39 is 0 Å². The number of hydrogen-bond acceptors (Lipinski definition) is 5. The van der Waals surface area contributed by atoms with Crippen molar-refractivity contribution in [2.45, 2.75) is 25.2 Å². The lowest BCUT2D eigenvalue weighted by atomic mass is 10.1. The number of thioether (sulfide) groups is 1. The van der Waals surface area contributed by atoms with Crippen LogP contribution in [0.15, 0.2) is 82.9 Å². The van der Waals surface area contributed by atoms with Gasteiger partial charge in [-0.2, -0.15) is 0 Å². The summed E-state index contributed by atoms with van der Waals surface area (Å²) in [5.74, 6) is 1.70. The Morgan fingerprint density at radius 3 is 2.19 bits per heavy atom. The third-order valence-corrected chi connectivity index (χ3v) is 6.63. The number of rotatable bonds is 4. The van der Waals surface area contributed by atoms with Crippen molar-refractivity contribution >= 4 is 34.1 Å². The van der Waals surface area contributed by atoms with Crippen molar-refractivity contribution in [1.82, 2.24) is 0 Å². The lowest BCUT2D eigenvalue weighted by molar-refractivity contribution is 0.0884. The van der Waals surface area contributed by atoms with Gasteiger partial charge in [-0.25, -0.2) is 4.99 Å². The molecule has 5 nitrogen and oxygen atoms in total. The lowest BCUT2D eigenvalue weighted by Gasteiger charge is -2.18. The van der Waals surface area contributed by atoms with Gasteiger partial charge in [-0.15, -0.1) is 0 Å². The molecule has 2 unspecified atom stereocenters. The number of ether oxygens (including phenoxy) is 1. The third-order valence-electron chi connectivity index (χ3n) is 5.44. The normalized spacial score (nSPS) is 21.1. The highest BCUT2D eigenvalue weighted by Crippen LogP contribution is 2.45. The molecule has 2 heterocycles. The zero-order valence-electron chi connectivity index (χ0n) is 17.6. The lowest BCUT2D eigenvalue weighted by Crippen LogP contribution is -2.31. The number of hydrogen-bond donors (Lipinski definition) is 0. The predicted octanol–water partition coefficient (Wildman–Crippen LogP) is 6.01. The summed E-state index contributed by atoms with van der Waals surface area (Å²) in [6.45, 7) is 4.16. The van der Waals surface area contributed by atoms with E-state index in [-0.39, 0.29) is 11.4 Å². The van der Waals surface area contributed by atoms with Crippen molar-refractivity contribution in [1.29, 1.82) is 0 Å². The van der Waals surface area contributed by atoms with Crippen LogP contribution in [0.25, 0.3) is 0 Å². The van der Waals surface area contributed by atoms with Crippen molar-refractivity contribution in [2.75, 3.05) is 12.0 Å². The van der Waals surface area contributed by atoms with Gasteiger partial charge >= 0.3 is 0 Å². The Labute approximate surface area is 186 Å². The second kappa shape index (κ2) is 8.12. The van der Waals surface area contributed by atoms with Gasteiger partial charge in [-0.1, -0.05) is 64.4 Å². The molecule has 3 aromatic rings. The first kappa shape index (κ1) is 19.7. The molecule has 0 aliphatic carbocycles. The minimum absolute atomic E-state index is 0.0268. The standard InChI is InChI=1S/C25H23N3O2S/c1-16-4-10-19(11-5-16)26-25-28(20-12-6-17(2)7-13-20)24-23(31-25)22(30-27-24)18-8-14-21(29-3)15-9-18/h4-15,22-23H,1-3H3. The van der Waals surface area contributed by atoms with Crippen molar-refractivity contribution < 1.29 is 9.57 Å². The summed E-state index contributed by atoms with van der Waals surface area (Å²) >= 11 is 1.69. The number of amidine groups is 2. The van der Waals surface area contributed by atoms with Gasteiger partial charge in [0.05, 0.1) is 12.8 Å². The Kier molecular flexibility index (Phi) is 5.16. The molecule has 156 valence electrons. The van der Waals surface area contributed by atoms with E-state index in [2.05, 4.69) is 60.3 Å². The van der Waals surface area contributed by atoms with Crippen LogP contribution in [0.2, 0.25) is 0 Å². The second-order valence-electron chi connectivity index (χ2n) is 7.69. The van der Waals surface area contributed by atoms with Crippen LogP contribution >= 0.6 is 11.8 Å². The summed E-state index contributed by atoms with van der Waals surface area (Å²) < 4.78 is 5.29. The second-order valence-corrected chi connectivity index (χ2v) is 8.80. The van der Waals surface area contributed by atoms with Crippen LogP contribution in [0.1, 0.15) is 22.8 Å². The molecule has 0 bridgehead atoms. The topological polar surface area (TPSA) is 46.4 Å². The van der Waals surface area contributed by atoms with E-state index in [0.29, 0.717) is 0 Å². The molecule has 1 fully saturated rings. The van der Waals surface area contributed by atoms with E-state index in [1.807, 2.05) is 36.4 Å². The fraction of sp³-hybridized carbons (Fsp3) is 0.200. The molecule has 0 spiro atoms. The summed E-state index contributed by atoms with van der Waals surface area (Å²) in [5.41, 5.74) is 5.45. The number of nitrogens with zero attached hydrogens (tertiary/aromatic N) is 3. The quantitative estimate of drug-likeness (QED) is 0.510. The van der Waals surface area contributed by atoms with Gasteiger partial charge in [0.25, 0.3) is 0 Å². The van der Waals surface area contributed by atoms with Gasteiger partial charge in [0.15, 0.2) is 17.1 Å². The zero-order chi connectivity index (χ0) is 21.4. The van der Waals surface area contributed by atoms with Crippen LogP contribution in [0, 0.1) is 13.8 Å². The highest BCUT2D eigenvalue weighted by atomic mass is 32.2. The van der Waals surface area contributed by atoms with Gasteiger partial charge in [0.1, 0.15) is 11.0 Å². The fourth-order valence-electron chi connectivity index (χ4n) is 3.67. The first-order chi connectivity index (χ1) is 15.1. The predicted molar refractivity (Wildman–Crippen MR) is 128 cm³/mol. The number of anilines is 1. The number of fused-ring (bicyclic) bond motifs is 1. The molecule has 0 amide bonds. The Balaban J connectivity index is 1.52. The molecule has 0 aromatic heterocycles. The molecular weight excluding hydrogens is 406 g/mol. The van der Waals surface area contributed by atoms with Crippen LogP contribution in [-0.4, -0.2) is 23.4 Å². The van der Waals surface area contributed by atoms with Crippen LogP contribution in [0.3, 0.4) is 0 Å². The molecule has 5 rings (SSSR count). The Hall–Kier alpha value is -3.25.